The third-order valence-electron chi connectivity index (χ3n) is 5.14. The van der Waals surface area contributed by atoms with E-state index in [1.54, 1.807) is 12.1 Å². The Morgan fingerprint density at radius 1 is 1.36 bits per heavy atom. The highest BCUT2D eigenvalue weighted by molar-refractivity contribution is 5.79. The first-order chi connectivity index (χ1) is 12.2. The van der Waals surface area contributed by atoms with E-state index < -0.39 is 5.82 Å². The fraction of sp³-hybridized carbons (Fsp3) is 0.474. The SMILES string of the molecule is COc1ccc(CC(=O)N2CCc3[nH]nc(C4CC4)c3CC2)cc1F. The summed E-state index contributed by atoms with van der Waals surface area (Å²) in [6.45, 7) is 1.38. The summed E-state index contributed by atoms with van der Waals surface area (Å²) < 4.78 is 18.7. The predicted octanol–water partition coefficient (Wildman–Crippen LogP) is 2.60. The van der Waals surface area contributed by atoms with Gasteiger partial charge in [0.2, 0.25) is 5.91 Å². The summed E-state index contributed by atoms with van der Waals surface area (Å²) in [4.78, 5) is 14.5. The zero-order chi connectivity index (χ0) is 17.4. The molecule has 5 nitrogen and oxygen atoms in total. The quantitative estimate of drug-likeness (QED) is 0.928. The Balaban J connectivity index is 1.42. The Morgan fingerprint density at radius 2 is 2.16 bits per heavy atom. The molecule has 1 aliphatic heterocycles. The van der Waals surface area contributed by atoms with E-state index in [1.165, 1.54) is 43.0 Å². The maximum absolute atomic E-state index is 13.8. The van der Waals surface area contributed by atoms with Gasteiger partial charge in [-0.1, -0.05) is 6.07 Å². The highest BCUT2D eigenvalue weighted by Crippen LogP contribution is 2.41. The molecule has 1 amide bonds. The molecule has 2 aromatic rings. The number of hydrogen-bond donors (Lipinski definition) is 1. The van der Waals surface area contributed by atoms with Gasteiger partial charge in [0.05, 0.1) is 19.2 Å². The Hall–Kier alpha value is -2.37. The van der Waals surface area contributed by atoms with Crippen LogP contribution in [0, 0.1) is 5.82 Å². The summed E-state index contributed by atoms with van der Waals surface area (Å²) in [5.41, 5.74) is 4.37. The van der Waals surface area contributed by atoms with Gasteiger partial charge in [0, 0.05) is 31.1 Å². The van der Waals surface area contributed by atoms with Crippen molar-refractivity contribution in [3.8, 4) is 5.75 Å². The Morgan fingerprint density at radius 3 is 2.88 bits per heavy atom. The molecule has 132 valence electrons. The van der Waals surface area contributed by atoms with E-state index in [0.717, 1.165) is 12.8 Å². The number of aromatic nitrogens is 2. The molecule has 1 N–H and O–H groups in total. The molecule has 0 spiro atoms. The fourth-order valence-electron chi connectivity index (χ4n) is 3.56. The number of methoxy groups -OCH3 is 1. The second-order valence-corrected chi connectivity index (χ2v) is 6.87. The van der Waals surface area contributed by atoms with E-state index in [-0.39, 0.29) is 18.1 Å². The standard InChI is InChI=1S/C19H22FN3O2/c1-25-17-5-2-12(10-15(17)20)11-18(24)23-8-6-14-16(7-9-23)21-22-19(14)13-3-4-13/h2,5,10,13H,3-4,6-9,11H2,1H3,(H,21,22). The average molecular weight is 343 g/mol. The number of amides is 1. The summed E-state index contributed by atoms with van der Waals surface area (Å²) in [6, 6.07) is 4.69. The summed E-state index contributed by atoms with van der Waals surface area (Å²) >= 11 is 0. The summed E-state index contributed by atoms with van der Waals surface area (Å²) in [5, 5.41) is 7.65. The first-order valence-corrected chi connectivity index (χ1v) is 8.82. The van der Waals surface area contributed by atoms with Crippen LogP contribution in [0.1, 0.15) is 41.3 Å². The van der Waals surface area contributed by atoms with Gasteiger partial charge in [-0.2, -0.15) is 5.10 Å². The van der Waals surface area contributed by atoms with Crippen molar-refractivity contribution in [3.63, 3.8) is 0 Å². The molecule has 0 atom stereocenters. The van der Waals surface area contributed by atoms with Crippen LogP contribution < -0.4 is 4.74 Å². The molecular formula is C19H22FN3O2. The number of ether oxygens (including phenoxy) is 1. The second-order valence-electron chi connectivity index (χ2n) is 6.87. The Kier molecular flexibility index (Phi) is 4.19. The van der Waals surface area contributed by atoms with Crippen molar-refractivity contribution in [3.05, 3.63) is 46.5 Å². The third-order valence-corrected chi connectivity index (χ3v) is 5.14. The number of hydrogen-bond acceptors (Lipinski definition) is 3. The van der Waals surface area contributed by atoms with Crippen molar-refractivity contribution in [1.29, 1.82) is 0 Å². The van der Waals surface area contributed by atoms with Crippen molar-refractivity contribution in [2.24, 2.45) is 0 Å². The monoisotopic (exact) mass is 343 g/mol. The van der Waals surface area contributed by atoms with Gasteiger partial charge in [-0.3, -0.25) is 9.89 Å². The van der Waals surface area contributed by atoms with Gasteiger partial charge in [-0.25, -0.2) is 4.39 Å². The molecule has 2 aliphatic rings. The number of halogens is 1. The molecular weight excluding hydrogens is 321 g/mol. The number of aromatic amines is 1. The zero-order valence-electron chi connectivity index (χ0n) is 14.3. The van der Waals surface area contributed by atoms with Crippen molar-refractivity contribution in [1.82, 2.24) is 15.1 Å². The highest BCUT2D eigenvalue weighted by Gasteiger charge is 2.31. The van der Waals surface area contributed by atoms with Crippen LogP contribution in [-0.2, 0) is 24.1 Å². The number of benzene rings is 1. The van der Waals surface area contributed by atoms with E-state index in [1.807, 2.05) is 4.90 Å². The molecule has 1 aliphatic carbocycles. The van der Waals surface area contributed by atoms with Gasteiger partial charge in [0.1, 0.15) is 0 Å². The van der Waals surface area contributed by atoms with E-state index in [2.05, 4.69) is 10.2 Å². The largest absolute Gasteiger partial charge is 0.494 e. The molecule has 1 aromatic heterocycles. The molecule has 0 saturated heterocycles. The van der Waals surface area contributed by atoms with Gasteiger partial charge >= 0.3 is 0 Å². The molecule has 1 fully saturated rings. The third kappa shape index (κ3) is 3.25. The van der Waals surface area contributed by atoms with Gasteiger partial charge in [0.25, 0.3) is 0 Å². The molecule has 25 heavy (non-hydrogen) atoms. The van der Waals surface area contributed by atoms with Crippen LogP contribution >= 0.6 is 0 Å². The van der Waals surface area contributed by atoms with Crippen LogP contribution in [0.4, 0.5) is 4.39 Å². The van der Waals surface area contributed by atoms with Gasteiger partial charge in [0.15, 0.2) is 11.6 Å². The maximum atomic E-state index is 13.8. The van der Waals surface area contributed by atoms with Crippen LogP contribution in [0.15, 0.2) is 18.2 Å². The number of H-pyrrole nitrogens is 1. The minimum atomic E-state index is -0.432. The normalized spacial score (nSPS) is 17.1. The van der Waals surface area contributed by atoms with Crippen LogP contribution in [0.25, 0.3) is 0 Å². The highest BCUT2D eigenvalue weighted by atomic mass is 19.1. The van der Waals surface area contributed by atoms with Crippen molar-refractivity contribution in [2.75, 3.05) is 20.2 Å². The van der Waals surface area contributed by atoms with Gasteiger partial charge < -0.3 is 9.64 Å². The topological polar surface area (TPSA) is 58.2 Å². The number of nitrogens with zero attached hydrogens (tertiary/aromatic N) is 2. The molecule has 6 heteroatoms. The number of nitrogens with one attached hydrogen (secondary N) is 1. The summed E-state index contributed by atoms with van der Waals surface area (Å²) in [5.74, 6) is 0.420. The van der Waals surface area contributed by atoms with E-state index in [0.29, 0.717) is 24.6 Å². The van der Waals surface area contributed by atoms with Crippen molar-refractivity contribution >= 4 is 5.91 Å². The van der Waals surface area contributed by atoms with E-state index in [4.69, 9.17) is 4.74 Å². The number of carbonyl (C=O) groups excluding carboxylic acids is 1. The predicted molar refractivity (Wildman–Crippen MR) is 91.2 cm³/mol. The molecule has 1 aromatic carbocycles. The lowest BCUT2D eigenvalue weighted by atomic mass is 10.1. The second kappa shape index (κ2) is 6.50. The number of carbonyl (C=O) groups is 1. The summed E-state index contributed by atoms with van der Waals surface area (Å²) in [6.07, 6.45) is 4.31. The van der Waals surface area contributed by atoms with Crippen LogP contribution in [0.3, 0.4) is 0 Å². The van der Waals surface area contributed by atoms with Crippen LogP contribution in [0.2, 0.25) is 0 Å². The molecule has 0 bridgehead atoms. The molecule has 0 radical (unpaired) electrons. The van der Waals surface area contributed by atoms with E-state index in [9.17, 15) is 9.18 Å². The smallest absolute Gasteiger partial charge is 0.227 e. The van der Waals surface area contributed by atoms with Crippen molar-refractivity contribution in [2.45, 2.75) is 38.0 Å². The maximum Gasteiger partial charge on any atom is 0.227 e. The van der Waals surface area contributed by atoms with Crippen molar-refractivity contribution < 1.29 is 13.9 Å². The Labute approximate surface area is 146 Å². The van der Waals surface area contributed by atoms with Gasteiger partial charge in [-0.15, -0.1) is 0 Å². The number of rotatable bonds is 4. The molecule has 4 rings (SSSR count). The van der Waals surface area contributed by atoms with E-state index >= 15 is 0 Å². The summed E-state index contributed by atoms with van der Waals surface area (Å²) in [7, 11) is 1.43. The van der Waals surface area contributed by atoms with Gasteiger partial charge in [-0.05, 0) is 42.5 Å². The minimum Gasteiger partial charge on any atom is -0.494 e. The lowest BCUT2D eigenvalue weighted by Crippen LogP contribution is -2.34. The lowest BCUT2D eigenvalue weighted by molar-refractivity contribution is -0.130. The molecule has 0 unspecified atom stereocenters. The number of fused-ring (bicyclic) bond motifs is 1. The lowest BCUT2D eigenvalue weighted by Gasteiger charge is -2.20. The van der Waals surface area contributed by atoms with Crippen LogP contribution in [0.5, 0.6) is 5.75 Å². The first-order valence-electron chi connectivity index (χ1n) is 8.82. The molecule has 1 saturated carbocycles. The van der Waals surface area contributed by atoms with Crippen LogP contribution in [-0.4, -0.2) is 41.2 Å². The fourth-order valence-corrected chi connectivity index (χ4v) is 3.56. The first kappa shape index (κ1) is 16.1. The Bertz CT molecular complexity index is 798. The molecule has 2 heterocycles. The minimum absolute atomic E-state index is 0.0376. The average Bonchev–Trinajstić information content (AvgIpc) is 3.40. The zero-order valence-corrected chi connectivity index (χ0v) is 14.3.